The maximum atomic E-state index is 12.9. The van der Waals surface area contributed by atoms with Gasteiger partial charge in [-0.25, -0.2) is 8.42 Å². The van der Waals surface area contributed by atoms with E-state index in [0.717, 1.165) is 10.5 Å². The van der Waals surface area contributed by atoms with Gasteiger partial charge < -0.3 is 10.2 Å². The molecule has 9 heteroatoms. The summed E-state index contributed by atoms with van der Waals surface area (Å²) in [4.78, 5) is 27.4. The third-order valence-corrected chi connectivity index (χ3v) is 7.95. The summed E-state index contributed by atoms with van der Waals surface area (Å²) in [7, 11) is -3.67. The van der Waals surface area contributed by atoms with Gasteiger partial charge in [0.25, 0.3) is 0 Å². The molecule has 3 rings (SSSR count). The van der Waals surface area contributed by atoms with Crippen LogP contribution in [0.25, 0.3) is 0 Å². The van der Waals surface area contributed by atoms with Gasteiger partial charge in [0.1, 0.15) is 6.54 Å². The Morgan fingerprint density at radius 1 is 1.13 bits per heavy atom. The number of thioether (sulfide) groups is 1. The Labute approximate surface area is 181 Å². The summed E-state index contributed by atoms with van der Waals surface area (Å²) in [6, 6.07) is 12.1. The van der Waals surface area contributed by atoms with Crippen LogP contribution < -0.4 is 10.2 Å². The van der Waals surface area contributed by atoms with E-state index in [1.54, 1.807) is 38.1 Å². The quantitative estimate of drug-likeness (QED) is 0.705. The molecule has 160 valence electrons. The van der Waals surface area contributed by atoms with E-state index in [2.05, 4.69) is 5.32 Å². The van der Waals surface area contributed by atoms with Crippen LogP contribution in [0.1, 0.15) is 19.4 Å². The average Bonchev–Trinajstić information content (AvgIpc) is 2.72. The maximum Gasteiger partial charge on any atom is 0.244 e. The second kappa shape index (κ2) is 9.20. The number of nitrogens with zero attached hydrogens (tertiary/aromatic N) is 2. The number of hydrogen-bond acceptors (Lipinski definition) is 5. The van der Waals surface area contributed by atoms with Gasteiger partial charge in [-0.3, -0.25) is 9.59 Å². The van der Waals surface area contributed by atoms with Crippen molar-refractivity contribution in [1.29, 1.82) is 0 Å². The van der Waals surface area contributed by atoms with Crippen molar-refractivity contribution >= 4 is 45.0 Å². The van der Waals surface area contributed by atoms with E-state index in [-0.39, 0.29) is 29.0 Å². The third kappa shape index (κ3) is 4.69. The standard InChI is InChI=1S/C21H25N3O4S2/c1-4-23(5-2)30(27,28)17-10-11-19-18(12-17)24(21(26)14-29-19)13-20(25)22-16-8-6-15(3)7-9-16/h6-12H,4-5,13-14H2,1-3H3,(H,22,25). The molecule has 0 spiro atoms. The van der Waals surface area contributed by atoms with Gasteiger partial charge in [0.15, 0.2) is 0 Å². The molecule has 0 atom stereocenters. The van der Waals surface area contributed by atoms with E-state index >= 15 is 0 Å². The fraction of sp³-hybridized carbons (Fsp3) is 0.333. The van der Waals surface area contributed by atoms with Gasteiger partial charge in [-0.15, -0.1) is 11.8 Å². The van der Waals surface area contributed by atoms with Crippen molar-refractivity contribution in [3.05, 3.63) is 48.0 Å². The van der Waals surface area contributed by atoms with E-state index in [1.807, 2.05) is 19.1 Å². The summed E-state index contributed by atoms with van der Waals surface area (Å²) in [5, 5.41) is 2.78. The van der Waals surface area contributed by atoms with Crippen LogP contribution in [0.15, 0.2) is 52.3 Å². The smallest absolute Gasteiger partial charge is 0.244 e. The fourth-order valence-electron chi connectivity index (χ4n) is 3.21. The number of anilines is 2. The summed E-state index contributed by atoms with van der Waals surface area (Å²) in [6.45, 7) is 6.03. The molecule has 30 heavy (non-hydrogen) atoms. The Hall–Kier alpha value is -2.36. The lowest BCUT2D eigenvalue weighted by Gasteiger charge is -2.29. The van der Waals surface area contributed by atoms with Gasteiger partial charge in [-0.2, -0.15) is 4.31 Å². The lowest BCUT2D eigenvalue weighted by atomic mass is 10.2. The number of carbonyl (C=O) groups is 2. The molecule has 0 radical (unpaired) electrons. The van der Waals surface area contributed by atoms with Crippen LogP contribution in [0.4, 0.5) is 11.4 Å². The number of benzene rings is 2. The number of amides is 2. The molecule has 0 aliphatic carbocycles. The summed E-state index contributed by atoms with van der Waals surface area (Å²) < 4.78 is 27.2. The molecular formula is C21H25N3O4S2. The minimum atomic E-state index is -3.67. The zero-order valence-corrected chi connectivity index (χ0v) is 18.8. The highest BCUT2D eigenvalue weighted by Crippen LogP contribution is 2.37. The van der Waals surface area contributed by atoms with Crippen molar-refractivity contribution in [3.8, 4) is 0 Å². The molecule has 1 aliphatic heterocycles. The SMILES string of the molecule is CCN(CC)S(=O)(=O)c1ccc2c(c1)N(CC(=O)Nc1ccc(C)cc1)C(=O)CS2. The predicted octanol–water partition coefficient (Wildman–Crippen LogP) is 3.10. The molecule has 0 aromatic heterocycles. The van der Waals surface area contributed by atoms with Gasteiger partial charge >= 0.3 is 0 Å². The number of sulfonamides is 1. The van der Waals surface area contributed by atoms with E-state index in [1.165, 1.54) is 27.0 Å². The molecule has 1 N–H and O–H groups in total. The molecule has 0 saturated carbocycles. The number of hydrogen-bond donors (Lipinski definition) is 1. The molecule has 7 nitrogen and oxygen atoms in total. The van der Waals surface area contributed by atoms with Crippen molar-refractivity contribution in [2.75, 3.05) is 35.6 Å². The van der Waals surface area contributed by atoms with E-state index in [0.29, 0.717) is 24.5 Å². The fourth-order valence-corrected chi connectivity index (χ4v) is 5.60. The number of rotatable bonds is 7. The van der Waals surface area contributed by atoms with E-state index in [4.69, 9.17) is 0 Å². The monoisotopic (exact) mass is 447 g/mol. The minimum absolute atomic E-state index is 0.115. The first-order chi connectivity index (χ1) is 14.3. The van der Waals surface area contributed by atoms with Crippen LogP contribution >= 0.6 is 11.8 Å². The second-order valence-electron chi connectivity index (χ2n) is 6.90. The summed E-state index contributed by atoms with van der Waals surface area (Å²) >= 11 is 1.34. The summed E-state index contributed by atoms with van der Waals surface area (Å²) in [6.07, 6.45) is 0. The summed E-state index contributed by atoms with van der Waals surface area (Å²) in [5.74, 6) is -0.376. The van der Waals surface area contributed by atoms with E-state index < -0.39 is 10.0 Å². The zero-order valence-electron chi connectivity index (χ0n) is 17.2. The van der Waals surface area contributed by atoms with Gasteiger partial charge in [-0.05, 0) is 37.3 Å². The molecular weight excluding hydrogens is 422 g/mol. The Bertz CT molecular complexity index is 1050. The summed E-state index contributed by atoms with van der Waals surface area (Å²) in [5.41, 5.74) is 2.16. The highest BCUT2D eigenvalue weighted by atomic mass is 32.2. The number of fused-ring (bicyclic) bond motifs is 1. The van der Waals surface area contributed by atoms with Crippen LogP contribution in [0.5, 0.6) is 0 Å². The molecule has 1 aliphatic rings. The van der Waals surface area contributed by atoms with E-state index in [9.17, 15) is 18.0 Å². The topological polar surface area (TPSA) is 86.8 Å². The molecule has 0 saturated heterocycles. The van der Waals surface area contributed by atoms with Crippen molar-refractivity contribution in [1.82, 2.24) is 4.31 Å². The van der Waals surface area contributed by atoms with Crippen LogP contribution in [-0.2, 0) is 19.6 Å². The van der Waals surface area contributed by atoms with Gasteiger partial charge in [-0.1, -0.05) is 31.5 Å². The highest BCUT2D eigenvalue weighted by molar-refractivity contribution is 8.00. The number of nitrogens with one attached hydrogen (secondary N) is 1. The zero-order chi connectivity index (χ0) is 21.9. The Morgan fingerprint density at radius 3 is 2.43 bits per heavy atom. The molecule has 1 heterocycles. The first-order valence-corrected chi connectivity index (χ1v) is 12.1. The lowest BCUT2D eigenvalue weighted by Crippen LogP contribution is -2.41. The van der Waals surface area contributed by atoms with Crippen molar-refractivity contribution in [2.24, 2.45) is 0 Å². The van der Waals surface area contributed by atoms with Crippen molar-refractivity contribution < 1.29 is 18.0 Å². The Balaban J connectivity index is 1.88. The number of carbonyl (C=O) groups excluding carboxylic acids is 2. The Morgan fingerprint density at radius 2 is 1.80 bits per heavy atom. The largest absolute Gasteiger partial charge is 0.325 e. The molecule has 0 unspecified atom stereocenters. The number of aryl methyl sites for hydroxylation is 1. The average molecular weight is 448 g/mol. The van der Waals surface area contributed by atoms with Gasteiger partial charge in [0, 0.05) is 23.7 Å². The molecule has 0 bridgehead atoms. The van der Waals surface area contributed by atoms with Crippen LogP contribution in [0, 0.1) is 6.92 Å². The maximum absolute atomic E-state index is 12.9. The molecule has 2 aromatic carbocycles. The van der Waals surface area contributed by atoms with Crippen molar-refractivity contribution in [3.63, 3.8) is 0 Å². The molecule has 0 fully saturated rings. The van der Waals surface area contributed by atoms with Crippen LogP contribution in [0.2, 0.25) is 0 Å². The Kier molecular flexibility index (Phi) is 6.84. The van der Waals surface area contributed by atoms with Crippen LogP contribution in [0.3, 0.4) is 0 Å². The van der Waals surface area contributed by atoms with Gasteiger partial charge in [0.2, 0.25) is 21.8 Å². The second-order valence-corrected chi connectivity index (χ2v) is 9.86. The third-order valence-electron chi connectivity index (χ3n) is 4.85. The normalized spacial score (nSPS) is 14.0. The molecule has 2 amide bonds. The highest BCUT2D eigenvalue weighted by Gasteiger charge is 2.30. The minimum Gasteiger partial charge on any atom is -0.325 e. The van der Waals surface area contributed by atoms with Crippen molar-refractivity contribution in [2.45, 2.75) is 30.6 Å². The predicted molar refractivity (Wildman–Crippen MR) is 119 cm³/mol. The first kappa shape index (κ1) is 22.3. The lowest BCUT2D eigenvalue weighted by molar-refractivity contribution is -0.120. The van der Waals surface area contributed by atoms with Crippen LogP contribution in [-0.4, -0.2) is 49.9 Å². The first-order valence-electron chi connectivity index (χ1n) is 9.70. The van der Waals surface area contributed by atoms with Gasteiger partial charge in [0.05, 0.1) is 16.3 Å². The molecule has 2 aromatic rings.